The first-order valence-corrected chi connectivity index (χ1v) is 4.45. The van der Waals surface area contributed by atoms with Gasteiger partial charge in [0, 0.05) is 13.5 Å². The number of rotatable bonds is 3. The van der Waals surface area contributed by atoms with E-state index in [4.69, 9.17) is 9.47 Å². The Morgan fingerprint density at radius 1 is 1.67 bits per heavy atom. The van der Waals surface area contributed by atoms with Crippen LogP contribution in [-0.4, -0.2) is 25.3 Å². The lowest BCUT2D eigenvalue weighted by Gasteiger charge is -2.12. The Bertz CT molecular complexity index is 156. The van der Waals surface area contributed by atoms with Crippen LogP contribution < -0.4 is 0 Å². The van der Waals surface area contributed by atoms with Crippen LogP contribution in [-0.2, 0) is 14.3 Å². The van der Waals surface area contributed by atoms with Gasteiger partial charge in [0.2, 0.25) is 0 Å². The van der Waals surface area contributed by atoms with Gasteiger partial charge >= 0.3 is 5.97 Å². The molecule has 0 aromatic carbocycles. The Labute approximate surface area is 73.0 Å². The molecule has 2 unspecified atom stereocenters. The predicted octanol–water partition coefficient (Wildman–Crippen LogP) is 1.36. The summed E-state index contributed by atoms with van der Waals surface area (Å²) < 4.78 is 10.2. The second-order valence-electron chi connectivity index (χ2n) is 3.25. The summed E-state index contributed by atoms with van der Waals surface area (Å²) in [6.07, 6.45) is 2.36. The topological polar surface area (TPSA) is 35.5 Å². The van der Waals surface area contributed by atoms with Gasteiger partial charge in [-0.3, -0.25) is 4.79 Å². The standard InChI is InChI=1S/C9H16O3/c1-7-9(3-5-11-7)4-6-12-8(2)10/h7,9H,3-6H2,1-2H3. The zero-order valence-corrected chi connectivity index (χ0v) is 7.71. The lowest BCUT2D eigenvalue weighted by molar-refractivity contribution is -0.141. The van der Waals surface area contributed by atoms with Gasteiger partial charge in [-0.25, -0.2) is 0 Å². The van der Waals surface area contributed by atoms with Gasteiger partial charge in [0.1, 0.15) is 0 Å². The SMILES string of the molecule is CC(=O)OCCC1CCOC1C. The predicted molar refractivity (Wildman–Crippen MR) is 44.8 cm³/mol. The lowest BCUT2D eigenvalue weighted by atomic mass is 9.99. The molecule has 2 atom stereocenters. The van der Waals surface area contributed by atoms with E-state index < -0.39 is 0 Å². The van der Waals surface area contributed by atoms with Gasteiger partial charge in [-0.15, -0.1) is 0 Å². The Morgan fingerprint density at radius 2 is 2.42 bits per heavy atom. The Balaban J connectivity index is 2.10. The second kappa shape index (κ2) is 4.45. The molecule has 0 amide bonds. The van der Waals surface area contributed by atoms with Crippen molar-refractivity contribution in [1.82, 2.24) is 0 Å². The Morgan fingerprint density at radius 3 is 2.92 bits per heavy atom. The van der Waals surface area contributed by atoms with Crippen molar-refractivity contribution in [2.75, 3.05) is 13.2 Å². The quantitative estimate of drug-likeness (QED) is 0.603. The smallest absolute Gasteiger partial charge is 0.302 e. The van der Waals surface area contributed by atoms with Crippen LogP contribution in [0.2, 0.25) is 0 Å². The molecule has 0 aromatic rings. The number of carbonyl (C=O) groups excluding carboxylic acids is 1. The zero-order valence-electron chi connectivity index (χ0n) is 7.71. The summed E-state index contributed by atoms with van der Waals surface area (Å²) in [6.45, 7) is 4.90. The van der Waals surface area contributed by atoms with Gasteiger partial charge in [-0.05, 0) is 25.7 Å². The summed E-state index contributed by atoms with van der Waals surface area (Å²) in [7, 11) is 0. The molecule has 0 bridgehead atoms. The van der Waals surface area contributed by atoms with E-state index in [1.165, 1.54) is 6.92 Å². The molecule has 1 fully saturated rings. The second-order valence-corrected chi connectivity index (χ2v) is 3.25. The van der Waals surface area contributed by atoms with Crippen LogP contribution in [0.15, 0.2) is 0 Å². The molecular formula is C9H16O3. The molecule has 0 aliphatic carbocycles. The van der Waals surface area contributed by atoms with E-state index in [-0.39, 0.29) is 5.97 Å². The molecule has 0 aromatic heterocycles. The van der Waals surface area contributed by atoms with Crippen LogP contribution >= 0.6 is 0 Å². The van der Waals surface area contributed by atoms with E-state index in [0.29, 0.717) is 18.6 Å². The van der Waals surface area contributed by atoms with Crippen molar-refractivity contribution in [2.45, 2.75) is 32.8 Å². The number of hydrogen-bond donors (Lipinski definition) is 0. The fourth-order valence-corrected chi connectivity index (χ4v) is 1.51. The number of ether oxygens (including phenoxy) is 2. The first-order chi connectivity index (χ1) is 5.70. The third-order valence-corrected chi connectivity index (χ3v) is 2.33. The molecule has 1 rings (SSSR count). The fourth-order valence-electron chi connectivity index (χ4n) is 1.51. The van der Waals surface area contributed by atoms with E-state index >= 15 is 0 Å². The van der Waals surface area contributed by atoms with Gasteiger partial charge in [-0.2, -0.15) is 0 Å². The Kier molecular flexibility index (Phi) is 3.53. The third kappa shape index (κ3) is 2.81. The largest absolute Gasteiger partial charge is 0.466 e. The van der Waals surface area contributed by atoms with E-state index in [1.807, 2.05) is 0 Å². The van der Waals surface area contributed by atoms with Crippen LogP contribution in [0.1, 0.15) is 26.7 Å². The molecule has 12 heavy (non-hydrogen) atoms. The number of hydrogen-bond acceptors (Lipinski definition) is 3. The van der Waals surface area contributed by atoms with Crippen LogP contribution in [0.4, 0.5) is 0 Å². The number of carbonyl (C=O) groups is 1. The number of esters is 1. The highest BCUT2D eigenvalue weighted by atomic mass is 16.5. The van der Waals surface area contributed by atoms with E-state index in [1.54, 1.807) is 0 Å². The molecule has 3 nitrogen and oxygen atoms in total. The summed E-state index contributed by atoms with van der Waals surface area (Å²) in [5.41, 5.74) is 0. The van der Waals surface area contributed by atoms with Crippen molar-refractivity contribution in [3.63, 3.8) is 0 Å². The minimum Gasteiger partial charge on any atom is -0.466 e. The molecule has 0 saturated carbocycles. The van der Waals surface area contributed by atoms with Crippen molar-refractivity contribution >= 4 is 5.97 Å². The maximum Gasteiger partial charge on any atom is 0.302 e. The van der Waals surface area contributed by atoms with E-state index in [0.717, 1.165) is 19.4 Å². The molecule has 0 N–H and O–H groups in total. The van der Waals surface area contributed by atoms with Gasteiger partial charge in [0.25, 0.3) is 0 Å². The van der Waals surface area contributed by atoms with Crippen molar-refractivity contribution in [3.05, 3.63) is 0 Å². The minimum atomic E-state index is -0.193. The molecule has 0 spiro atoms. The van der Waals surface area contributed by atoms with Crippen LogP contribution in [0.3, 0.4) is 0 Å². The summed E-state index contributed by atoms with van der Waals surface area (Å²) in [4.78, 5) is 10.4. The van der Waals surface area contributed by atoms with Crippen LogP contribution in [0.25, 0.3) is 0 Å². The average Bonchev–Trinajstić information content (AvgIpc) is 2.36. The molecule has 1 aliphatic rings. The van der Waals surface area contributed by atoms with Gasteiger partial charge in [0.15, 0.2) is 0 Å². The maximum atomic E-state index is 10.4. The van der Waals surface area contributed by atoms with Gasteiger partial charge < -0.3 is 9.47 Å². The van der Waals surface area contributed by atoms with Crippen molar-refractivity contribution < 1.29 is 14.3 Å². The van der Waals surface area contributed by atoms with Crippen LogP contribution in [0, 0.1) is 5.92 Å². The lowest BCUT2D eigenvalue weighted by Crippen LogP contribution is -2.14. The highest BCUT2D eigenvalue weighted by Crippen LogP contribution is 2.23. The van der Waals surface area contributed by atoms with Gasteiger partial charge in [-0.1, -0.05) is 0 Å². The monoisotopic (exact) mass is 172 g/mol. The molecule has 3 heteroatoms. The van der Waals surface area contributed by atoms with E-state index in [9.17, 15) is 4.79 Å². The Hall–Kier alpha value is -0.570. The first-order valence-electron chi connectivity index (χ1n) is 4.45. The van der Waals surface area contributed by atoms with Crippen molar-refractivity contribution in [3.8, 4) is 0 Å². The van der Waals surface area contributed by atoms with Crippen molar-refractivity contribution in [2.24, 2.45) is 5.92 Å². The molecule has 70 valence electrons. The van der Waals surface area contributed by atoms with Crippen molar-refractivity contribution in [1.29, 1.82) is 0 Å². The summed E-state index contributed by atoms with van der Waals surface area (Å²) >= 11 is 0. The van der Waals surface area contributed by atoms with Crippen LogP contribution in [0.5, 0.6) is 0 Å². The fraction of sp³-hybridized carbons (Fsp3) is 0.889. The first kappa shape index (κ1) is 9.52. The normalized spacial score (nSPS) is 28.8. The summed E-state index contributed by atoms with van der Waals surface area (Å²) in [5, 5.41) is 0. The molecule has 0 radical (unpaired) electrons. The minimum absolute atomic E-state index is 0.193. The molecule has 1 saturated heterocycles. The highest BCUT2D eigenvalue weighted by Gasteiger charge is 2.23. The molecule has 1 heterocycles. The van der Waals surface area contributed by atoms with Gasteiger partial charge in [0.05, 0.1) is 12.7 Å². The maximum absolute atomic E-state index is 10.4. The molecular weight excluding hydrogens is 156 g/mol. The third-order valence-electron chi connectivity index (χ3n) is 2.33. The average molecular weight is 172 g/mol. The summed E-state index contributed by atoms with van der Waals surface area (Å²) in [6, 6.07) is 0. The summed E-state index contributed by atoms with van der Waals surface area (Å²) in [5.74, 6) is 0.380. The highest BCUT2D eigenvalue weighted by molar-refractivity contribution is 5.65. The molecule has 1 aliphatic heterocycles. The zero-order chi connectivity index (χ0) is 8.97. The van der Waals surface area contributed by atoms with E-state index in [2.05, 4.69) is 6.92 Å².